The Balaban J connectivity index is 1.69. The van der Waals surface area contributed by atoms with Crippen molar-refractivity contribution in [2.24, 2.45) is 0 Å². The zero-order valence-corrected chi connectivity index (χ0v) is 13.6. The summed E-state index contributed by atoms with van der Waals surface area (Å²) in [5.74, 6) is -0.112. The number of hydrogen-bond donors (Lipinski definition) is 1. The number of rotatable bonds is 1. The van der Waals surface area contributed by atoms with Gasteiger partial charge in [0, 0.05) is 38.1 Å². The van der Waals surface area contributed by atoms with Crippen molar-refractivity contribution in [2.45, 2.75) is 13.3 Å². The summed E-state index contributed by atoms with van der Waals surface area (Å²) in [6, 6.07) is 5.42. The lowest BCUT2D eigenvalue weighted by Crippen LogP contribution is -2.48. The Morgan fingerprint density at radius 2 is 2.22 bits per heavy atom. The first-order valence-electron chi connectivity index (χ1n) is 7.42. The van der Waals surface area contributed by atoms with Crippen molar-refractivity contribution in [1.82, 2.24) is 19.6 Å². The van der Waals surface area contributed by atoms with Crippen LogP contribution in [0.3, 0.4) is 0 Å². The zero-order chi connectivity index (χ0) is 16.1. The smallest absolute Gasteiger partial charge is 0.292 e. The number of aromatic amines is 1. The van der Waals surface area contributed by atoms with E-state index in [0.717, 1.165) is 28.9 Å². The van der Waals surface area contributed by atoms with Gasteiger partial charge < -0.3 is 4.98 Å². The fraction of sp³-hybridized carbons (Fsp3) is 0.250. The molecule has 1 amide bonds. The molecule has 0 radical (unpaired) electrons. The number of fused-ring (bicyclic) bond motifs is 2. The van der Waals surface area contributed by atoms with Crippen molar-refractivity contribution in [3.63, 3.8) is 0 Å². The lowest BCUT2D eigenvalue weighted by molar-refractivity contribution is 0.0732. The molecule has 7 heteroatoms. The standard InChI is InChI=1S/C16H16ClN5O/c1-10-8-18-13-5-6-22(20(2)15(10)13)16(23)14-7-12-4-3-11(17)9-21(12)19-14/h3-4,7-9,18H,5-6H2,1-2H3. The molecule has 4 rings (SSSR count). The number of pyridine rings is 1. The Morgan fingerprint density at radius 1 is 1.39 bits per heavy atom. The van der Waals surface area contributed by atoms with Gasteiger partial charge in [-0.3, -0.25) is 9.80 Å². The molecule has 0 fully saturated rings. The zero-order valence-electron chi connectivity index (χ0n) is 12.9. The van der Waals surface area contributed by atoms with Crippen LogP contribution in [0.4, 0.5) is 5.69 Å². The number of nitrogens with zero attached hydrogens (tertiary/aromatic N) is 4. The summed E-state index contributed by atoms with van der Waals surface area (Å²) in [5, 5.41) is 8.58. The van der Waals surface area contributed by atoms with Crippen LogP contribution in [0.2, 0.25) is 5.02 Å². The van der Waals surface area contributed by atoms with Crippen molar-refractivity contribution in [2.75, 3.05) is 18.6 Å². The minimum atomic E-state index is -0.112. The summed E-state index contributed by atoms with van der Waals surface area (Å²) in [6.07, 6.45) is 4.47. The van der Waals surface area contributed by atoms with Gasteiger partial charge in [-0.2, -0.15) is 5.10 Å². The number of hydrogen-bond acceptors (Lipinski definition) is 3. The first-order chi connectivity index (χ1) is 11.0. The van der Waals surface area contributed by atoms with Gasteiger partial charge >= 0.3 is 0 Å². The summed E-state index contributed by atoms with van der Waals surface area (Å²) >= 11 is 5.97. The van der Waals surface area contributed by atoms with E-state index in [1.165, 1.54) is 0 Å². The molecule has 118 valence electrons. The monoisotopic (exact) mass is 329 g/mol. The number of amides is 1. The number of carbonyl (C=O) groups excluding carboxylic acids is 1. The van der Waals surface area contributed by atoms with Crippen LogP contribution in [0, 0.1) is 6.92 Å². The van der Waals surface area contributed by atoms with Crippen molar-refractivity contribution in [1.29, 1.82) is 0 Å². The second kappa shape index (κ2) is 5.03. The Hall–Kier alpha value is -2.47. The van der Waals surface area contributed by atoms with E-state index >= 15 is 0 Å². The number of aryl methyl sites for hydroxylation is 1. The predicted molar refractivity (Wildman–Crippen MR) is 88.9 cm³/mol. The Morgan fingerprint density at radius 3 is 3.04 bits per heavy atom. The van der Waals surface area contributed by atoms with Gasteiger partial charge in [-0.1, -0.05) is 11.6 Å². The molecule has 6 nitrogen and oxygen atoms in total. The first kappa shape index (κ1) is 14.1. The molecular weight excluding hydrogens is 314 g/mol. The van der Waals surface area contributed by atoms with Crippen molar-refractivity contribution >= 4 is 28.7 Å². The molecule has 1 aliphatic rings. The molecule has 0 aliphatic carbocycles. The van der Waals surface area contributed by atoms with Crippen LogP contribution in [-0.2, 0) is 6.42 Å². The highest BCUT2D eigenvalue weighted by Crippen LogP contribution is 2.30. The Labute approximate surface area is 138 Å². The van der Waals surface area contributed by atoms with E-state index in [1.807, 2.05) is 31.2 Å². The molecular formula is C16H16ClN5O. The number of anilines is 1. The summed E-state index contributed by atoms with van der Waals surface area (Å²) in [5.41, 5.74) is 4.61. The maximum atomic E-state index is 12.9. The molecule has 0 saturated heterocycles. The van der Waals surface area contributed by atoms with Crippen LogP contribution in [-0.4, -0.2) is 39.1 Å². The third kappa shape index (κ3) is 2.17. The molecule has 0 aromatic carbocycles. The molecule has 3 aromatic heterocycles. The van der Waals surface area contributed by atoms with Crippen molar-refractivity contribution in [3.05, 3.63) is 52.6 Å². The minimum Gasteiger partial charge on any atom is -0.363 e. The quantitative estimate of drug-likeness (QED) is 0.746. The van der Waals surface area contributed by atoms with E-state index in [9.17, 15) is 4.79 Å². The van der Waals surface area contributed by atoms with Crippen LogP contribution < -0.4 is 5.01 Å². The third-order valence-electron chi connectivity index (χ3n) is 4.26. The average molecular weight is 330 g/mol. The minimum absolute atomic E-state index is 0.112. The number of halogens is 1. The summed E-state index contributed by atoms with van der Waals surface area (Å²) in [4.78, 5) is 16.1. The van der Waals surface area contributed by atoms with Crippen molar-refractivity contribution in [3.8, 4) is 0 Å². The van der Waals surface area contributed by atoms with E-state index in [1.54, 1.807) is 27.9 Å². The van der Waals surface area contributed by atoms with E-state index < -0.39 is 0 Å². The molecule has 0 bridgehead atoms. The molecule has 0 spiro atoms. The van der Waals surface area contributed by atoms with Crippen LogP contribution in [0.15, 0.2) is 30.6 Å². The second-order valence-electron chi connectivity index (χ2n) is 5.75. The molecule has 0 unspecified atom stereocenters. The van der Waals surface area contributed by atoms with Crippen LogP contribution in [0.25, 0.3) is 5.52 Å². The van der Waals surface area contributed by atoms with Gasteiger partial charge in [-0.05, 0) is 30.7 Å². The molecule has 0 atom stereocenters. The van der Waals surface area contributed by atoms with Gasteiger partial charge in [0.15, 0.2) is 5.69 Å². The largest absolute Gasteiger partial charge is 0.363 e. The third-order valence-corrected chi connectivity index (χ3v) is 4.48. The highest BCUT2D eigenvalue weighted by atomic mass is 35.5. The fourth-order valence-electron chi connectivity index (χ4n) is 3.14. The molecule has 23 heavy (non-hydrogen) atoms. The highest BCUT2D eigenvalue weighted by molar-refractivity contribution is 6.30. The topological polar surface area (TPSA) is 56.6 Å². The Kier molecular flexibility index (Phi) is 3.09. The lowest BCUT2D eigenvalue weighted by Gasteiger charge is -2.37. The highest BCUT2D eigenvalue weighted by Gasteiger charge is 2.29. The Bertz CT molecular complexity index is 912. The van der Waals surface area contributed by atoms with Gasteiger partial charge in [-0.25, -0.2) is 9.52 Å². The predicted octanol–water partition coefficient (Wildman–Crippen LogP) is 2.67. The summed E-state index contributed by atoms with van der Waals surface area (Å²) < 4.78 is 1.63. The van der Waals surface area contributed by atoms with Gasteiger partial charge in [-0.15, -0.1) is 0 Å². The number of nitrogens with one attached hydrogen (secondary N) is 1. The first-order valence-corrected chi connectivity index (χ1v) is 7.79. The molecule has 3 aromatic rings. The van der Waals surface area contributed by atoms with Gasteiger partial charge in [0.1, 0.15) is 0 Å². The van der Waals surface area contributed by atoms with E-state index in [2.05, 4.69) is 10.1 Å². The SMILES string of the molecule is Cc1c[nH]c2c1N(C)N(C(=O)c1cc3ccc(Cl)cn3n1)CC2. The summed E-state index contributed by atoms with van der Waals surface area (Å²) in [6.45, 7) is 2.66. The van der Waals surface area contributed by atoms with Crippen LogP contribution in [0.5, 0.6) is 0 Å². The second-order valence-corrected chi connectivity index (χ2v) is 6.18. The van der Waals surface area contributed by atoms with Gasteiger partial charge in [0.2, 0.25) is 0 Å². The molecule has 0 saturated carbocycles. The van der Waals surface area contributed by atoms with Crippen molar-refractivity contribution < 1.29 is 4.79 Å². The number of hydrazine groups is 1. The summed E-state index contributed by atoms with van der Waals surface area (Å²) in [7, 11) is 1.91. The van der Waals surface area contributed by atoms with E-state index in [4.69, 9.17) is 11.6 Å². The number of H-pyrrole nitrogens is 1. The lowest BCUT2D eigenvalue weighted by atomic mass is 10.1. The normalized spacial score (nSPS) is 14.4. The molecule has 1 N–H and O–H groups in total. The maximum Gasteiger partial charge on any atom is 0.292 e. The fourth-order valence-corrected chi connectivity index (χ4v) is 3.29. The van der Waals surface area contributed by atoms with Gasteiger partial charge in [0.25, 0.3) is 5.91 Å². The van der Waals surface area contributed by atoms with E-state index in [-0.39, 0.29) is 5.91 Å². The molecule has 1 aliphatic heterocycles. The molecule has 4 heterocycles. The number of carbonyl (C=O) groups is 1. The van der Waals surface area contributed by atoms with Crippen LogP contribution >= 0.6 is 11.6 Å². The van der Waals surface area contributed by atoms with Gasteiger partial charge in [0.05, 0.1) is 16.2 Å². The maximum absolute atomic E-state index is 12.9. The van der Waals surface area contributed by atoms with Crippen LogP contribution in [0.1, 0.15) is 21.7 Å². The van der Waals surface area contributed by atoms with E-state index in [0.29, 0.717) is 17.3 Å². The average Bonchev–Trinajstić information content (AvgIpc) is 3.11. The number of aromatic nitrogens is 3.